The number of H-pyrrole nitrogens is 1. The van der Waals surface area contributed by atoms with Crippen molar-refractivity contribution in [1.82, 2.24) is 25.0 Å². The molecule has 27 heavy (non-hydrogen) atoms. The van der Waals surface area contributed by atoms with E-state index in [2.05, 4.69) is 52.8 Å². The first-order valence-electron chi connectivity index (χ1n) is 9.76. The molecular weight excluding hydrogens is 412 g/mol. The third-order valence-electron chi connectivity index (χ3n) is 5.30. The van der Waals surface area contributed by atoms with Crippen LogP contribution in [-0.2, 0) is 16.0 Å². The van der Waals surface area contributed by atoms with Crippen LogP contribution >= 0.6 is 15.9 Å². The van der Waals surface area contributed by atoms with Crippen LogP contribution in [0.5, 0.6) is 0 Å². The van der Waals surface area contributed by atoms with Gasteiger partial charge in [-0.15, -0.1) is 10.2 Å². The molecule has 0 spiro atoms. The molecule has 1 N–H and O–H groups in total. The summed E-state index contributed by atoms with van der Waals surface area (Å²) >= 11 is 3.74. The van der Waals surface area contributed by atoms with E-state index in [-0.39, 0.29) is 0 Å². The first-order chi connectivity index (χ1) is 13.2. The average Bonchev–Trinajstić information content (AvgIpc) is 3.08. The zero-order chi connectivity index (χ0) is 18.8. The Labute approximate surface area is 167 Å². The monoisotopic (exact) mass is 438 g/mol. The van der Waals surface area contributed by atoms with Gasteiger partial charge in [-0.2, -0.15) is 5.10 Å². The molecule has 1 unspecified atom stereocenters. The molecular formula is C18H27BrN6O2. The van der Waals surface area contributed by atoms with Crippen molar-refractivity contribution < 1.29 is 9.47 Å². The van der Waals surface area contributed by atoms with Gasteiger partial charge < -0.3 is 14.4 Å². The van der Waals surface area contributed by atoms with Gasteiger partial charge in [-0.3, -0.25) is 9.67 Å². The van der Waals surface area contributed by atoms with Crippen LogP contribution in [0.15, 0.2) is 4.47 Å². The topological polar surface area (TPSA) is 81.1 Å². The van der Waals surface area contributed by atoms with Crippen molar-refractivity contribution in [3.63, 3.8) is 0 Å². The fourth-order valence-corrected chi connectivity index (χ4v) is 4.21. The summed E-state index contributed by atoms with van der Waals surface area (Å²) in [6, 6.07) is 0.331. The number of likely N-dealkylation sites (N-methyl/N-ethyl adjacent to an activating group) is 1. The van der Waals surface area contributed by atoms with E-state index in [0.717, 1.165) is 67.8 Å². The van der Waals surface area contributed by atoms with Crippen molar-refractivity contribution in [3.05, 3.63) is 10.2 Å². The summed E-state index contributed by atoms with van der Waals surface area (Å²) in [7, 11) is 2.07. The lowest BCUT2D eigenvalue weighted by atomic mass is 10.2. The highest BCUT2D eigenvalue weighted by Crippen LogP contribution is 2.44. The van der Waals surface area contributed by atoms with E-state index in [1.165, 1.54) is 18.5 Å². The van der Waals surface area contributed by atoms with Crippen LogP contribution in [-0.4, -0.2) is 64.5 Å². The molecule has 2 aromatic rings. The molecule has 1 aliphatic carbocycles. The smallest absolute Gasteiger partial charge is 0.227 e. The zero-order valence-corrected chi connectivity index (χ0v) is 17.5. The number of anilines is 1. The summed E-state index contributed by atoms with van der Waals surface area (Å²) in [4.78, 5) is 2.19. The van der Waals surface area contributed by atoms with Crippen LogP contribution in [0.3, 0.4) is 0 Å². The number of hydrogen-bond acceptors (Lipinski definition) is 6. The number of ether oxygens (including phenoxy) is 2. The molecule has 9 heteroatoms. The second-order valence-corrected chi connectivity index (χ2v) is 8.02. The number of rotatable bonds is 9. The molecule has 1 aliphatic heterocycles. The number of aromatic amines is 1. The molecule has 1 saturated heterocycles. The number of nitrogens with one attached hydrogen (secondary N) is 1. The minimum atomic E-state index is 0.331. The van der Waals surface area contributed by atoms with Crippen LogP contribution < -0.4 is 4.90 Å². The van der Waals surface area contributed by atoms with E-state index < -0.39 is 0 Å². The maximum absolute atomic E-state index is 5.56. The van der Waals surface area contributed by atoms with E-state index in [4.69, 9.17) is 9.47 Å². The molecule has 2 aromatic heterocycles. The summed E-state index contributed by atoms with van der Waals surface area (Å²) in [6.07, 6.45) is 4.35. The molecule has 3 heterocycles. The second kappa shape index (κ2) is 8.28. The van der Waals surface area contributed by atoms with Gasteiger partial charge in [-0.25, -0.2) is 0 Å². The SMILES string of the molecule is CCOCCCn1c(-c2n[nH]c(C3CC3)c2Br)nnc1N(C)C1CCOC1. The predicted octanol–water partition coefficient (Wildman–Crippen LogP) is 2.96. The lowest BCUT2D eigenvalue weighted by Gasteiger charge is -2.24. The largest absolute Gasteiger partial charge is 0.382 e. The normalized spacial score (nSPS) is 19.7. The van der Waals surface area contributed by atoms with E-state index in [1.807, 2.05) is 6.92 Å². The van der Waals surface area contributed by atoms with Crippen LogP contribution in [0.2, 0.25) is 0 Å². The van der Waals surface area contributed by atoms with E-state index in [0.29, 0.717) is 12.0 Å². The molecule has 2 aliphatic rings. The molecule has 148 valence electrons. The van der Waals surface area contributed by atoms with Crippen molar-refractivity contribution in [2.75, 3.05) is 38.4 Å². The summed E-state index contributed by atoms with van der Waals surface area (Å²) in [5, 5.41) is 16.8. The van der Waals surface area contributed by atoms with Gasteiger partial charge in [-0.1, -0.05) is 0 Å². The van der Waals surface area contributed by atoms with Crippen LogP contribution in [0, 0.1) is 0 Å². The molecule has 0 bridgehead atoms. The van der Waals surface area contributed by atoms with Crippen molar-refractivity contribution in [2.24, 2.45) is 0 Å². The van der Waals surface area contributed by atoms with E-state index >= 15 is 0 Å². The Bertz CT molecular complexity index is 766. The Morgan fingerprint density at radius 1 is 1.33 bits per heavy atom. The number of nitrogens with zero attached hydrogens (tertiary/aromatic N) is 5. The molecule has 1 atom stereocenters. The molecule has 2 fully saturated rings. The van der Waals surface area contributed by atoms with Gasteiger partial charge in [0.2, 0.25) is 5.95 Å². The minimum absolute atomic E-state index is 0.331. The van der Waals surface area contributed by atoms with Gasteiger partial charge in [0.1, 0.15) is 5.69 Å². The van der Waals surface area contributed by atoms with Gasteiger partial charge in [0.05, 0.1) is 22.8 Å². The maximum atomic E-state index is 5.56. The molecule has 0 amide bonds. The van der Waals surface area contributed by atoms with E-state index in [9.17, 15) is 0 Å². The van der Waals surface area contributed by atoms with Crippen LogP contribution in [0.4, 0.5) is 5.95 Å². The molecule has 8 nitrogen and oxygen atoms in total. The molecule has 1 saturated carbocycles. The van der Waals surface area contributed by atoms with Crippen LogP contribution in [0.1, 0.15) is 44.2 Å². The summed E-state index contributed by atoms with van der Waals surface area (Å²) in [5.41, 5.74) is 2.01. The lowest BCUT2D eigenvalue weighted by molar-refractivity contribution is 0.142. The quantitative estimate of drug-likeness (QED) is 0.606. The number of aromatic nitrogens is 5. The first-order valence-corrected chi connectivity index (χ1v) is 10.6. The highest BCUT2D eigenvalue weighted by Gasteiger charge is 2.32. The molecule has 0 aromatic carbocycles. The summed E-state index contributed by atoms with van der Waals surface area (Å²) < 4.78 is 14.3. The van der Waals surface area contributed by atoms with Crippen molar-refractivity contribution in [2.45, 2.75) is 51.1 Å². The molecule has 0 radical (unpaired) electrons. The average molecular weight is 439 g/mol. The van der Waals surface area contributed by atoms with Crippen molar-refractivity contribution >= 4 is 21.9 Å². The third-order valence-corrected chi connectivity index (χ3v) is 6.11. The zero-order valence-electron chi connectivity index (χ0n) is 15.9. The Morgan fingerprint density at radius 2 is 2.19 bits per heavy atom. The summed E-state index contributed by atoms with van der Waals surface area (Å²) in [5.74, 6) is 2.25. The van der Waals surface area contributed by atoms with Gasteiger partial charge in [-0.05, 0) is 48.5 Å². The van der Waals surface area contributed by atoms with Gasteiger partial charge in [0.25, 0.3) is 0 Å². The first kappa shape index (κ1) is 18.9. The highest BCUT2D eigenvalue weighted by atomic mass is 79.9. The lowest BCUT2D eigenvalue weighted by Crippen LogP contribution is -2.34. The Balaban J connectivity index is 1.63. The Hall–Kier alpha value is -1.45. The van der Waals surface area contributed by atoms with E-state index in [1.54, 1.807) is 0 Å². The highest BCUT2D eigenvalue weighted by molar-refractivity contribution is 9.10. The number of hydrogen-bond donors (Lipinski definition) is 1. The van der Waals surface area contributed by atoms with Crippen molar-refractivity contribution in [3.8, 4) is 11.5 Å². The fraction of sp³-hybridized carbons (Fsp3) is 0.722. The van der Waals surface area contributed by atoms with Gasteiger partial charge in [0.15, 0.2) is 5.82 Å². The fourth-order valence-electron chi connectivity index (χ4n) is 3.53. The Kier molecular flexibility index (Phi) is 5.79. The number of halogens is 1. The van der Waals surface area contributed by atoms with Gasteiger partial charge >= 0.3 is 0 Å². The van der Waals surface area contributed by atoms with Crippen molar-refractivity contribution in [1.29, 1.82) is 0 Å². The van der Waals surface area contributed by atoms with Gasteiger partial charge in [0, 0.05) is 39.3 Å². The summed E-state index contributed by atoms with van der Waals surface area (Å²) in [6.45, 7) is 5.79. The second-order valence-electron chi connectivity index (χ2n) is 7.23. The minimum Gasteiger partial charge on any atom is -0.382 e. The maximum Gasteiger partial charge on any atom is 0.227 e. The van der Waals surface area contributed by atoms with Crippen LogP contribution in [0.25, 0.3) is 11.5 Å². The standard InChI is InChI=1S/C18H27BrN6O2/c1-3-26-9-4-8-25-17(16-14(19)15(20-21-16)12-5-6-12)22-23-18(25)24(2)13-7-10-27-11-13/h12-13H,3-11H2,1-2H3,(H,20,21). The predicted molar refractivity (Wildman–Crippen MR) is 106 cm³/mol. The Morgan fingerprint density at radius 3 is 2.89 bits per heavy atom. The third kappa shape index (κ3) is 3.90. The molecule has 4 rings (SSSR count).